The Morgan fingerprint density at radius 1 is 1.27 bits per heavy atom. The van der Waals surface area contributed by atoms with E-state index in [4.69, 9.17) is 5.73 Å². The molecule has 1 aromatic rings. The van der Waals surface area contributed by atoms with Gasteiger partial charge in [0.1, 0.15) is 0 Å². The fourth-order valence-corrected chi connectivity index (χ4v) is 1.41. The Balaban J connectivity index is 2.21. The predicted molar refractivity (Wildman–Crippen MR) is 46.5 cm³/mol. The van der Waals surface area contributed by atoms with Gasteiger partial charge in [-0.1, -0.05) is 29.8 Å². The first-order chi connectivity index (χ1) is 5.27. The van der Waals surface area contributed by atoms with Gasteiger partial charge in [-0.15, -0.1) is 0 Å². The van der Waals surface area contributed by atoms with Crippen molar-refractivity contribution in [2.75, 3.05) is 0 Å². The summed E-state index contributed by atoms with van der Waals surface area (Å²) in [6, 6.07) is 9.11. The smallest absolute Gasteiger partial charge is 0.0115 e. The fourth-order valence-electron chi connectivity index (χ4n) is 1.41. The van der Waals surface area contributed by atoms with Gasteiger partial charge in [-0.25, -0.2) is 0 Å². The molecule has 1 heteroatoms. The van der Waals surface area contributed by atoms with Crippen LogP contribution in [0.25, 0.3) is 0 Å². The van der Waals surface area contributed by atoms with Crippen LogP contribution in [0, 0.1) is 6.92 Å². The molecular formula is C10H13N. The van der Waals surface area contributed by atoms with Gasteiger partial charge in [0, 0.05) is 12.0 Å². The second-order valence-electron chi connectivity index (χ2n) is 3.42. The van der Waals surface area contributed by atoms with Crippen LogP contribution in [-0.4, -0.2) is 6.04 Å². The molecule has 0 unspecified atom stereocenters. The van der Waals surface area contributed by atoms with E-state index in [9.17, 15) is 0 Å². The van der Waals surface area contributed by atoms with Gasteiger partial charge in [-0.3, -0.25) is 0 Å². The van der Waals surface area contributed by atoms with E-state index in [1.165, 1.54) is 17.5 Å². The van der Waals surface area contributed by atoms with E-state index in [0.717, 1.165) is 0 Å². The first-order valence-electron chi connectivity index (χ1n) is 4.09. The number of aryl methyl sites for hydroxylation is 1. The van der Waals surface area contributed by atoms with Gasteiger partial charge in [-0.2, -0.15) is 0 Å². The van der Waals surface area contributed by atoms with Gasteiger partial charge in [0.25, 0.3) is 0 Å². The zero-order chi connectivity index (χ0) is 7.84. The van der Waals surface area contributed by atoms with Crippen molar-refractivity contribution in [3.05, 3.63) is 35.4 Å². The maximum absolute atomic E-state index is 5.74. The molecule has 0 spiro atoms. The Morgan fingerprint density at radius 3 is 2.27 bits per heavy atom. The first-order valence-corrected chi connectivity index (χ1v) is 4.09. The highest BCUT2D eigenvalue weighted by molar-refractivity contribution is 5.30. The van der Waals surface area contributed by atoms with Crippen LogP contribution in [0.3, 0.4) is 0 Å². The summed E-state index contributed by atoms with van der Waals surface area (Å²) in [7, 11) is 0. The molecule has 2 rings (SSSR count). The van der Waals surface area contributed by atoms with Crippen LogP contribution < -0.4 is 5.73 Å². The van der Waals surface area contributed by atoms with Gasteiger partial charge in [0.15, 0.2) is 0 Å². The van der Waals surface area contributed by atoms with E-state index >= 15 is 0 Å². The second kappa shape index (κ2) is 2.35. The summed E-state index contributed by atoms with van der Waals surface area (Å²) in [4.78, 5) is 0. The number of nitrogens with two attached hydrogens (primary N) is 1. The molecule has 1 saturated carbocycles. The zero-order valence-electron chi connectivity index (χ0n) is 6.75. The average molecular weight is 147 g/mol. The SMILES string of the molecule is Cc1ccc([C@@H]2C[C@H]2N)cc1. The molecule has 0 radical (unpaired) electrons. The van der Waals surface area contributed by atoms with Crippen LogP contribution in [0.5, 0.6) is 0 Å². The number of rotatable bonds is 1. The average Bonchev–Trinajstić information content (AvgIpc) is 2.69. The van der Waals surface area contributed by atoms with Crippen molar-refractivity contribution < 1.29 is 0 Å². The van der Waals surface area contributed by atoms with Crippen molar-refractivity contribution in [1.29, 1.82) is 0 Å². The van der Waals surface area contributed by atoms with Crippen molar-refractivity contribution in [3.8, 4) is 0 Å². The molecule has 0 aromatic heterocycles. The molecule has 0 heterocycles. The molecular weight excluding hydrogens is 134 g/mol. The minimum absolute atomic E-state index is 0.428. The van der Waals surface area contributed by atoms with E-state index < -0.39 is 0 Å². The molecule has 11 heavy (non-hydrogen) atoms. The summed E-state index contributed by atoms with van der Waals surface area (Å²) in [5.74, 6) is 0.649. The van der Waals surface area contributed by atoms with Crippen LogP contribution in [0.1, 0.15) is 23.5 Å². The molecule has 1 aliphatic rings. The fraction of sp³-hybridized carbons (Fsp3) is 0.400. The lowest BCUT2D eigenvalue weighted by atomic mass is 10.1. The van der Waals surface area contributed by atoms with Crippen molar-refractivity contribution in [3.63, 3.8) is 0 Å². The molecule has 1 fully saturated rings. The van der Waals surface area contributed by atoms with Crippen molar-refractivity contribution in [2.45, 2.75) is 25.3 Å². The van der Waals surface area contributed by atoms with E-state index in [0.29, 0.717) is 12.0 Å². The Hall–Kier alpha value is -0.820. The molecule has 0 amide bonds. The van der Waals surface area contributed by atoms with Crippen LogP contribution in [-0.2, 0) is 0 Å². The maximum atomic E-state index is 5.74. The van der Waals surface area contributed by atoms with E-state index in [1.54, 1.807) is 0 Å². The second-order valence-corrected chi connectivity index (χ2v) is 3.42. The third kappa shape index (κ3) is 1.29. The lowest BCUT2D eigenvalue weighted by Gasteiger charge is -1.97. The summed E-state index contributed by atoms with van der Waals surface area (Å²) in [5.41, 5.74) is 8.46. The van der Waals surface area contributed by atoms with E-state index in [2.05, 4.69) is 31.2 Å². The van der Waals surface area contributed by atoms with Crippen LogP contribution >= 0.6 is 0 Å². The van der Waals surface area contributed by atoms with Crippen LogP contribution in [0.4, 0.5) is 0 Å². The van der Waals surface area contributed by atoms with Crippen LogP contribution in [0.15, 0.2) is 24.3 Å². The molecule has 0 aliphatic heterocycles. The maximum Gasteiger partial charge on any atom is 0.0115 e. The van der Waals surface area contributed by atoms with Crippen molar-refractivity contribution in [2.24, 2.45) is 5.73 Å². The standard InChI is InChI=1S/C10H13N/c1-7-2-4-8(5-3-7)9-6-10(9)11/h2-5,9-10H,6,11H2,1H3/t9-,10+/m0/s1. The molecule has 0 saturated heterocycles. The Labute approximate surface area is 67.2 Å². The lowest BCUT2D eigenvalue weighted by Crippen LogP contribution is -2.00. The molecule has 1 nitrogen and oxygen atoms in total. The zero-order valence-corrected chi connectivity index (χ0v) is 6.75. The van der Waals surface area contributed by atoms with Gasteiger partial charge >= 0.3 is 0 Å². The predicted octanol–water partition coefficient (Wildman–Crippen LogP) is 1.81. The Bertz CT molecular complexity index is 250. The van der Waals surface area contributed by atoms with Crippen LogP contribution in [0.2, 0.25) is 0 Å². The molecule has 0 bridgehead atoms. The number of benzene rings is 1. The first kappa shape index (κ1) is 6.86. The highest BCUT2D eigenvalue weighted by Gasteiger charge is 2.34. The molecule has 58 valence electrons. The monoisotopic (exact) mass is 147 g/mol. The third-order valence-corrected chi connectivity index (χ3v) is 2.35. The Kier molecular flexibility index (Phi) is 1.46. The van der Waals surface area contributed by atoms with Gasteiger partial charge in [-0.05, 0) is 18.9 Å². The minimum atomic E-state index is 0.428. The largest absolute Gasteiger partial charge is 0.327 e. The van der Waals surface area contributed by atoms with Gasteiger partial charge in [0.2, 0.25) is 0 Å². The molecule has 1 aromatic carbocycles. The highest BCUT2D eigenvalue weighted by Crippen LogP contribution is 2.38. The highest BCUT2D eigenvalue weighted by atomic mass is 14.7. The summed E-state index contributed by atoms with van der Waals surface area (Å²) >= 11 is 0. The Morgan fingerprint density at radius 2 is 1.82 bits per heavy atom. The normalized spacial score (nSPS) is 28.5. The van der Waals surface area contributed by atoms with E-state index in [-0.39, 0.29) is 0 Å². The third-order valence-electron chi connectivity index (χ3n) is 2.35. The van der Waals surface area contributed by atoms with Crippen molar-refractivity contribution >= 4 is 0 Å². The quantitative estimate of drug-likeness (QED) is 0.644. The minimum Gasteiger partial charge on any atom is -0.327 e. The molecule has 2 atom stereocenters. The topological polar surface area (TPSA) is 26.0 Å². The lowest BCUT2D eigenvalue weighted by molar-refractivity contribution is 0.989. The van der Waals surface area contributed by atoms with E-state index in [1.807, 2.05) is 0 Å². The summed E-state index contributed by atoms with van der Waals surface area (Å²) in [5, 5.41) is 0. The van der Waals surface area contributed by atoms with Gasteiger partial charge < -0.3 is 5.73 Å². The number of hydrogen-bond donors (Lipinski definition) is 1. The van der Waals surface area contributed by atoms with Gasteiger partial charge in [0.05, 0.1) is 0 Å². The summed E-state index contributed by atoms with van der Waals surface area (Å²) < 4.78 is 0. The summed E-state index contributed by atoms with van der Waals surface area (Å²) in [6.45, 7) is 2.11. The number of hydrogen-bond acceptors (Lipinski definition) is 1. The summed E-state index contributed by atoms with van der Waals surface area (Å²) in [6.07, 6.45) is 1.17. The van der Waals surface area contributed by atoms with Crippen molar-refractivity contribution in [1.82, 2.24) is 0 Å². The molecule has 2 N–H and O–H groups in total. The molecule has 1 aliphatic carbocycles.